The van der Waals surface area contributed by atoms with Gasteiger partial charge in [-0.05, 0) is 12.8 Å². The number of rotatable bonds is 4. The minimum atomic E-state index is 0.297. The minimum Gasteiger partial charge on any atom is -0.388 e. The molecule has 0 bridgehead atoms. The van der Waals surface area contributed by atoms with Gasteiger partial charge in [0.2, 0.25) is 0 Å². The van der Waals surface area contributed by atoms with Crippen molar-refractivity contribution in [1.29, 1.82) is 5.41 Å². The van der Waals surface area contributed by atoms with Crippen LogP contribution in [0, 0.1) is 5.41 Å². The Kier molecular flexibility index (Phi) is 5.06. The Morgan fingerprint density at radius 3 is 2.50 bits per heavy atom. The first-order chi connectivity index (χ1) is 3.77. The van der Waals surface area contributed by atoms with Crippen molar-refractivity contribution in [2.75, 3.05) is 5.33 Å². The number of unbranched alkanes of at least 4 members (excludes halogenated alkanes) is 1. The number of nitrogens with one attached hydrogen (secondary N) is 1. The van der Waals surface area contributed by atoms with Crippen LogP contribution in [0.3, 0.4) is 0 Å². The summed E-state index contributed by atoms with van der Waals surface area (Å²) in [6, 6.07) is 0. The van der Waals surface area contributed by atoms with Gasteiger partial charge in [-0.15, -0.1) is 0 Å². The van der Waals surface area contributed by atoms with Crippen LogP contribution in [-0.4, -0.2) is 11.2 Å². The topological polar surface area (TPSA) is 49.9 Å². The highest BCUT2D eigenvalue weighted by molar-refractivity contribution is 9.09. The van der Waals surface area contributed by atoms with E-state index >= 15 is 0 Å². The van der Waals surface area contributed by atoms with Crippen LogP contribution in [-0.2, 0) is 0 Å². The predicted molar refractivity (Wildman–Crippen MR) is 39.6 cm³/mol. The maximum absolute atomic E-state index is 6.84. The van der Waals surface area contributed by atoms with E-state index in [1.807, 2.05) is 0 Å². The summed E-state index contributed by atoms with van der Waals surface area (Å²) in [5.74, 6) is 0.297. The molecule has 0 aromatic heterocycles. The van der Waals surface area contributed by atoms with Crippen molar-refractivity contribution < 1.29 is 0 Å². The van der Waals surface area contributed by atoms with Gasteiger partial charge in [-0.3, -0.25) is 5.41 Å². The fourth-order valence-electron chi connectivity index (χ4n) is 0.410. The van der Waals surface area contributed by atoms with E-state index in [0.29, 0.717) is 5.84 Å². The summed E-state index contributed by atoms with van der Waals surface area (Å²) in [6.45, 7) is 0. The Balaban J connectivity index is 2.82. The number of halogens is 1. The van der Waals surface area contributed by atoms with E-state index in [9.17, 15) is 0 Å². The van der Waals surface area contributed by atoms with Crippen LogP contribution in [0.15, 0.2) is 0 Å². The highest BCUT2D eigenvalue weighted by atomic mass is 79.9. The molecule has 3 N–H and O–H groups in total. The van der Waals surface area contributed by atoms with Crippen LogP contribution in [0.2, 0.25) is 0 Å². The number of alkyl halides is 1. The summed E-state index contributed by atoms with van der Waals surface area (Å²) in [5.41, 5.74) is 5.10. The van der Waals surface area contributed by atoms with Gasteiger partial charge in [-0.1, -0.05) is 15.9 Å². The van der Waals surface area contributed by atoms with Crippen LogP contribution in [0.4, 0.5) is 0 Å². The molecule has 0 unspecified atom stereocenters. The highest BCUT2D eigenvalue weighted by Crippen LogP contribution is 1.96. The Morgan fingerprint density at radius 1 is 1.50 bits per heavy atom. The molecule has 0 saturated heterocycles. The molecule has 0 rings (SSSR count). The zero-order chi connectivity index (χ0) is 6.41. The van der Waals surface area contributed by atoms with E-state index in [-0.39, 0.29) is 0 Å². The number of hydrogen-bond acceptors (Lipinski definition) is 1. The maximum atomic E-state index is 6.84. The zero-order valence-electron chi connectivity index (χ0n) is 4.78. The Labute approximate surface area is 58.1 Å². The van der Waals surface area contributed by atoms with Crippen molar-refractivity contribution >= 4 is 21.8 Å². The van der Waals surface area contributed by atoms with Gasteiger partial charge in [0.25, 0.3) is 0 Å². The predicted octanol–water partition coefficient (Wildman–Crippen LogP) is 1.49. The van der Waals surface area contributed by atoms with Crippen molar-refractivity contribution in [2.45, 2.75) is 19.3 Å². The first kappa shape index (κ1) is 7.95. The second-order valence-corrected chi connectivity index (χ2v) is 2.46. The third-order valence-corrected chi connectivity index (χ3v) is 1.39. The van der Waals surface area contributed by atoms with Crippen LogP contribution >= 0.6 is 15.9 Å². The molecule has 0 amide bonds. The van der Waals surface area contributed by atoms with Crippen molar-refractivity contribution in [1.82, 2.24) is 0 Å². The number of nitrogens with two attached hydrogens (primary N) is 1. The molecule has 0 aliphatic rings. The first-order valence-corrected chi connectivity index (χ1v) is 3.78. The smallest absolute Gasteiger partial charge is 0.0905 e. The third kappa shape index (κ3) is 5.95. The number of hydrogen-bond donors (Lipinski definition) is 2. The average molecular weight is 179 g/mol. The van der Waals surface area contributed by atoms with Crippen LogP contribution in [0.5, 0.6) is 0 Å². The second-order valence-electron chi connectivity index (χ2n) is 1.67. The van der Waals surface area contributed by atoms with Crippen molar-refractivity contribution in [2.24, 2.45) is 5.73 Å². The minimum absolute atomic E-state index is 0.297. The van der Waals surface area contributed by atoms with Gasteiger partial charge in [0.1, 0.15) is 0 Å². The normalized spacial score (nSPS) is 9.12. The van der Waals surface area contributed by atoms with Crippen molar-refractivity contribution in [3.63, 3.8) is 0 Å². The molecule has 0 heterocycles. The average Bonchev–Trinajstić information content (AvgIpc) is 1.66. The van der Waals surface area contributed by atoms with Gasteiger partial charge in [0.15, 0.2) is 0 Å². The van der Waals surface area contributed by atoms with Crippen molar-refractivity contribution in [3.05, 3.63) is 0 Å². The van der Waals surface area contributed by atoms with Gasteiger partial charge in [0.05, 0.1) is 5.84 Å². The van der Waals surface area contributed by atoms with Crippen molar-refractivity contribution in [3.8, 4) is 0 Å². The molecule has 2 nitrogen and oxygen atoms in total. The molecule has 0 atom stereocenters. The van der Waals surface area contributed by atoms with E-state index in [0.717, 1.165) is 24.6 Å². The molecule has 0 aromatic rings. The highest BCUT2D eigenvalue weighted by Gasteiger charge is 1.87. The van der Waals surface area contributed by atoms with E-state index < -0.39 is 0 Å². The van der Waals surface area contributed by atoms with Gasteiger partial charge < -0.3 is 5.73 Å². The van der Waals surface area contributed by atoms with Gasteiger partial charge in [-0.25, -0.2) is 0 Å². The largest absolute Gasteiger partial charge is 0.388 e. The fraction of sp³-hybridized carbons (Fsp3) is 0.800. The monoisotopic (exact) mass is 178 g/mol. The lowest BCUT2D eigenvalue weighted by Gasteiger charge is -1.92. The Hall–Kier alpha value is -0.0500. The van der Waals surface area contributed by atoms with E-state index in [1.165, 1.54) is 0 Å². The molecule has 0 fully saturated rings. The Bertz CT molecular complexity index is 72.8. The second kappa shape index (κ2) is 5.09. The number of amidine groups is 1. The lowest BCUT2D eigenvalue weighted by atomic mass is 10.2. The van der Waals surface area contributed by atoms with E-state index in [1.54, 1.807) is 0 Å². The van der Waals surface area contributed by atoms with Crippen LogP contribution < -0.4 is 5.73 Å². The third-order valence-electron chi connectivity index (χ3n) is 0.830. The molecule has 0 aromatic carbocycles. The molecule has 8 heavy (non-hydrogen) atoms. The standard InChI is InChI=1S/C5H11BrN2/c6-4-2-1-3-5(7)8/h1-4H2,(H3,7,8). The lowest BCUT2D eigenvalue weighted by molar-refractivity contribution is 0.841. The van der Waals surface area contributed by atoms with Crippen LogP contribution in [0.25, 0.3) is 0 Å². The van der Waals surface area contributed by atoms with Gasteiger partial charge >= 0.3 is 0 Å². The lowest BCUT2D eigenvalue weighted by Crippen LogP contribution is -2.08. The zero-order valence-corrected chi connectivity index (χ0v) is 6.37. The SMILES string of the molecule is N=C(N)CCCCBr. The molecule has 0 aliphatic carbocycles. The van der Waals surface area contributed by atoms with Gasteiger partial charge in [-0.2, -0.15) is 0 Å². The summed E-state index contributed by atoms with van der Waals surface area (Å²) in [5, 5.41) is 7.85. The summed E-state index contributed by atoms with van der Waals surface area (Å²) in [6.07, 6.45) is 2.88. The quantitative estimate of drug-likeness (QED) is 0.292. The van der Waals surface area contributed by atoms with E-state index in [4.69, 9.17) is 11.1 Å². The molecular weight excluding hydrogens is 168 g/mol. The summed E-state index contributed by atoms with van der Waals surface area (Å²) in [7, 11) is 0. The van der Waals surface area contributed by atoms with E-state index in [2.05, 4.69) is 15.9 Å². The summed E-state index contributed by atoms with van der Waals surface area (Å²) in [4.78, 5) is 0. The molecule has 3 heteroatoms. The summed E-state index contributed by atoms with van der Waals surface area (Å²) < 4.78 is 0. The maximum Gasteiger partial charge on any atom is 0.0905 e. The molecule has 0 radical (unpaired) electrons. The molecular formula is C5H11BrN2. The first-order valence-electron chi connectivity index (χ1n) is 2.66. The van der Waals surface area contributed by atoms with Crippen LogP contribution in [0.1, 0.15) is 19.3 Å². The fourth-order valence-corrected chi connectivity index (χ4v) is 0.806. The molecule has 48 valence electrons. The summed E-state index contributed by atoms with van der Waals surface area (Å²) >= 11 is 3.29. The molecule has 0 aliphatic heterocycles. The van der Waals surface area contributed by atoms with Gasteiger partial charge in [0, 0.05) is 11.8 Å². The molecule has 0 spiro atoms. The molecule has 0 saturated carbocycles. The Morgan fingerprint density at radius 2 is 2.12 bits per heavy atom.